The van der Waals surface area contributed by atoms with E-state index >= 15 is 0 Å². The molecule has 0 unspecified atom stereocenters. The van der Waals surface area contributed by atoms with Gasteiger partial charge in [-0.15, -0.1) is 0 Å². The first-order valence-corrected chi connectivity index (χ1v) is 7.93. The van der Waals surface area contributed by atoms with Crippen LogP contribution < -0.4 is 4.90 Å². The van der Waals surface area contributed by atoms with Crippen LogP contribution in [-0.2, 0) is 4.74 Å². The van der Waals surface area contributed by atoms with Gasteiger partial charge in [-0.25, -0.2) is 9.78 Å². The number of nitrogens with zero attached hydrogens (tertiary/aromatic N) is 3. The highest BCUT2D eigenvalue weighted by molar-refractivity contribution is 9.10. The summed E-state index contributed by atoms with van der Waals surface area (Å²) in [6.45, 7) is 9.85. The standard InChI is InChI=1S/C15H22BrN3O2/c1-11-10-18(13-7-5-6-12(16)17-13)8-9-19(11)14(20)21-15(2,3)4/h5-7,11H,8-10H2,1-4H3/t11-/m1/s1. The third-order valence-electron chi connectivity index (χ3n) is 3.28. The molecule has 1 aromatic heterocycles. The predicted octanol–water partition coefficient (Wildman–Crippen LogP) is 3.29. The van der Waals surface area contributed by atoms with E-state index in [1.807, 2.05) is 45.9 Å². The number of hydrogen-bond donors (Lipinski definition) is 0. The van der Waals surface area contributed by atoms with Crippen LogP contribution in [0.4, 0.5) is 10.6 Å². The van der Waals surface area contributed by atoms with E-state index in [0.29, 0.717) is 6.54 Å². The van der Waals surface area contributed by atoms with Gasteiger partial charge in [-0.3, -0.25) is 0 Å². The number of pyridine rings is 1. The Bertz CT molecular complexity index is 516. The van der Waals surface area contributed by atoms with Crippen molar-refractivity contribution in [3.8, 4) is 0 Å². The van der Waals surface area contributed by atoms with Crippen LogP contribution in [0.5, 0.6) is 0 Å². The molecule has 116 valence electrons. The fourth-order valence-corrected chi connectivity index (χ4v) is 2.67. The summed E-state index contributed by atoms with van der Waals surface area (Å²) < 4.78 is 6.27. The number of ether oxygens (including phenoxy) is 1. The van der Waals surface area contributed by atoms with E-state index in [2.05, 4.69) is 25.8 Å². The molecule has 1 fully saturated rings. The third-order valence-corrected chi connectivity index (χ3v) is 3.72. The summed E-state index contributed by atoms with van der Waals surface area (Å²) in [5.41, 5.74) is -0.459. The van der Waals surface area contributed by atoms with Gasteiger partial charge in [-0.05, 0) is 55.8 Å². The third kappa shape index (κ3) is 4.33. The van der Waals surface area contributed by atoms with E-state index in [1.165, 1.54) is 0 Å². The Hall–Kier alpha value is -1.30. The minimum atomic E-state index is -0.459. The average Bonchev–Trinajstić information content (AvgIpc) is 2.36. The first kappa shape index (κ1) is 16.1. The molecular weight excluding hydrogens is 334 g/mol. The van der Waals surface area contributed by atoms with Gasteiger partial charge in [0, 0.05) is 25.7 Å². The summed E-state index contributed by atoms with van der Waals surface area (Å²) in [6, 6.07) is 5.95. The van der Waals surface area contributed by atoms with Crippen LogP contribution in [0.25, 0.3) is 0 Å². The number of carbonyl (C=O) groups is 1. The van der Waals surface area contributed by atoms with Crippen LogP contribution in [0, 0.1) is 0 Å². The SMILES string of the molecule is C[C@@H]1CN(c2cccc(Br)n2)CCN1C(=O)OC(C)(C)C. The Balaban J connectivity index is 2.01. The van der Waals surface area contributed by atoms with Crippen molar-refractivity contribution in [2.45, 2.75) is 39.3 Å². The van der Waals surface area contributed by atoms with Crippen molar-refractivity contribution in [3.63, 3.8) is 0 Å². The van der Waals surface area contributed by atoms with Crippen molar-refractivity contribution in [1.29, 1.82) is 0 Å². The lowest BCUT2D eigenvalue weighted by atomic mass is 10.2. The molecule has 1 atom stereocenters. The van der Waals surface area contributed by atoms with Gasteiger partial charge < -0.3 is 14.5 Å². The number of carbonyl (C=O) groups excluding carboxylic acids is 1. The normalized spacial score (nSPS) is 19.6. The highest BCUT2D eigenvalue weighted by Gasteiger charge is 2.31. The zero-order chi connectivity index (χ0) is 15.6. The fourth-order valence-electron chi connectivity index (χ4n) is 2.33. The molecule has 0 N–H and O–H groups in total. The topological polar surface area (TPSA) is 45.7 Å². The van der Waals surface area contributed by atoms with E-state index in [9.17, 15) is 4.79 Å². The molecule has 0 aromatic carbocycles. The number of amides is 1. The molecular formula is C15H22BrN3O2. The van der Waals surface area contributed by atoms with E-state index in [4.69, 9.17) is 4.74 Å². The lowest BCUT2D eigenvalue weighted by Gasteiger charge is -2.40. The molecule has 0 bridgehead atoms. The average molecular weight is 356 g/mol. The zero-order valence-corrected chi connectivity index (χ0v) is 14.6. The molecule has 0 radical (unpaired) electrons. The van der Waals surface area contributed by atoms with Crippen LogP contribution in [0.15, 0.2) is 22.8 Å². The summed E-state index contributed by atoms with van der Waals surface area (Å²) in [5.74, 6) is 0.931. The summed E-state index contributed by atoms with van der Waals surface area (Å²) >= 11 is 3.39. The van der Waals surface area contributed by atoms with Gasteiger partial charge in [0.25, 0.3) is 0 Å². The molecule has 1 aliphatic heterocycles. The lowest BCUT2D eigenvalue weighted by molar-refractivity contribution is 0.0158. The number of hydrogen-bond acceptors (Lipinski definition) is 4. The molecule has 5 nitrogen and oxygen atoms in total. The van der Waals surface area contributed by atoms with Crippen molar-refractivity contribution < 1.29 is 9.53 Å². The fraction of sp³-hybridized carbons (Fsp3) is 0.600. The smallest absolute Gasteiger partial charge is 0.410 e. The van der Waals surface area contributed by atoms with Crippen molar-refractivity contribution in [3.05, 3.63) is 22.8 Å². The van der Waals surface area contributed by atoms with Crippen molar-refractivity contribution >= 4 is 27.8 Å². The highest BCUT2D eigenvalue weighted by atomic mass is 79.9. The molecule has 2 heterocycles. The first-order valence-electron chi connectivity index (χ1n) is 7.13. The lowest BCUT2D eigenvalue weighted by Crippen LogP contribution is -2.55. The highest BCUT2D eigenvalue weighted by Crippen LogP contribution is 2.20. The van der Waals surface area contributed by atoms with E-state index < -0.39 is 5.60 Å². The summed E-state index contributed by atoms with van der Waals surface area (Å²) in [5, 5.41) is 0. The van der Waals surface area contributed by atoms with Crippen LogP contribution in [0.3, 0.4) is 0 Å². The van der Waals surface area contributed by atoms with E-state index in [1.54, 1.807) is 4.90 Å². The van der Waals surface area contributed by atoms with Gasteiger partial charge in [0.15, 0.2) is 0 Å². The largest absolute Gasteiger partial charge is 0.444 e. The van der Waals surface area contributed by atoms with E-state index in [-0.39, 0.29) is 12.1 Å². The monoisotopic (exact) mass is 355 g/mol. The van der Waals surface area contributed by atoms with Crippen LogP contribution in [0.1, 0.15) is 27.7 Å². The number of rotatable bonds is 1. The molecule has 2 rings (SSSR count). The maximum atomic E-state index is 12.2. The van der Waals surface area contributed by atoms with Gasteiger partial charge in [-0.2, -0.15) is 0 Å². The molecule has 1 saturated heterocycles. The Morgan fingerprint density at radius 1 is 1.38 bits per heavy atom. The Kier molecular flexibility index (Phi) is 4.76. The quantitative estimate of drug-likeness (QED) is 0.725. The molecule has 1 amide bonds. The summed E-state index contributed by atoms with van der Waals surface area (Å²) in [7, 11) is 0. The maximum absolute atomic E-state index is 12.2. The van der Waals surface area contributed by atoms with Crippen LogP contribution >= 0.6 is 15.9 Å². The number of halogens is 1. The molecule has 6 heteroatoms. The molecule has 0 aliphatic carbocycles. The zero-order valence-electron chi connectivity index (χ0n) is 13.0. The number of piperazine rings is 1. The van der Waals surface area contributed by atoms with Gasteiger partial charge >= 0.3 is 6.09 Å². The minimum absolute atomic E-state index is 0.0920. The van der Waals surface area contributed by atoms with Crippen molar-refractivity contribution in [2.75, 3.05) is 24.5 Å². The molecule has 0 saturated carbocycles. The molecule has 1 aliphatic rings. The minimum Gasteiger partial charge on any atom is -0.444 e. The van der Waals surface area contributed by atoms with Crippen molar-refractivity contribution in [2.24, 2.45) is 0 Å². The van der Waals surface area contributed by atoms with Gasteiger partial charge in [0.1, 0.15) is 16.0 Å². The summed E-state index contributed by atoms with van der Waals surface area (Å²) in [6.07, 6.45) is -0.239. The number of aromatic nitrogens is 1. The Labute approximate surface area is 134 Å². The van der Waals surface area contributed by atoms with Gasteiger partial charge in [-0.1, -0.05) is 6.07 Å². The second-order valence-corrected chi connectivity index (χ2v) is 7.10. The second kappa shape index (κ2) is 6.22. The Morgan fingerprint density at radius 3 is 2.67 bits per heavy atom. The van der Waals surface area contributed by atoms with Crippen molar-refractivity contribution in [1.82, 2.24) is 9.88 Å². The van der Waals surface area contributed by atoms with Crippen LogP contribution in [-0.4, -0.2) is 47.3 Å². The predicted molar refractivity (Wildman–Crippen MR) is 86.6 cm³/mol. The van der Waals surface area contributed by atoms with Gasteiger partial charge in [0.05, 0.1) is 0 Å². The summed E-state index contributed by atoms with van der Waals surface area (Å²) in [4.78, 5) is 20.6. The molecule has 0 spiro atoms. The van der Waals surface area contributed by atoms with Gasteiger partial charge in [0.2, 0.25) is 0 Å². The molecule has 21 heavy (non-hydrogen) atoms. The first-order chi connectivity index (χ1) is 9.76. The van der Waals surface area contributed by atoms with E-state index in [0.717, 1.165) is 23.5 Å². The Morgan fingerprint density at radius 2 is 2.10 bits per heavy atom. The maximum Gasteiger partial charge on any atom is 0.410 e. The molecule has 1 aromatic rings. The second-order valence-electron chi connectivity index (χ2n) is 6.29. The van der Waals surface area contributed by atoms with Crippen LogP contribution in [0.2, 0.25) is 0 Å². The number of anilines is 1.